The van der Waals surface area contributed by atoms with Gasteiger partial charge in [0.1, 0.15) is 12.1 Å². The lowest BCUT2D eigenvalue weighted by molar-refractivity contribution is -0.142. The quantitative estimate of drug-likeness (QED) is 0.869. The van der Waals surface area contributed by atoms with E-state index in [1.165, 1.54) is 0 Å². The summed E-state index contributed by atoms with van der Waals surface area (Å²) >= 11 is 0. The lowest BCUT2D eigenvalue weighted by Gasteiger charge is -2.33. The molecule has 1 aromatic rings. The van der Waals surface area contributed by atoms with Gasteiger partial charge < -0.3 is 15.0 Å². The molecule has 3 rings (SSSR count). The van der Waals surface area contributed by atoms with Crippen LogP contribution in [0.4, 0.5) is 0 Å². The number of piperidine rings is 1. The number of methoxy groups -OCH3 is 1. The summed E-state index contributed by atoms with van der Waals surface area (Å²) in [6, 6.07) is 9.53. The minimum absolute atomic E-state index is 0.0131. The maximum absolute atomic E-state index is 12.6. The largest absolute Gasteiger partial charge is 0.371 e. The zero-order chi connectivity index (χ0) is 16.2. The molecule has 0 unspecified atom stereocenters. The first-order chi connectivity index (χ1) is 11.2. The van der Waals surface area contributed by atoms with Gasteiger partial charge in [0, 0.05) is 20.2 Å². The van der Waals surface area contributed by atoms with Crippen LogP contribution in [0, 0.1) is 5.92 Å². The molecule has 0 bridgehead atoms. The maximum atomic E-state index is 12.6. The molecule has 1 aromatic carbocycles. The Morgan fingerprint density at radius 1 is 1.30 bits per heavy atom. The van der Waals surface area contributed by atoms with E-state index in [0.29, 0.717) is 18.9 Å². The molecule has 124 valence electrons. The molecule has 5 nitrogen and oxygen atoms in total. The Bertz CT molecular complexity index is 557. The van der Waals surface area contributed by atoms with Gasteiger partial charge in [-0.3, -0.25) is 9.59 Å². The molecule has 2 amide bonds. The summed E-state index contributed by atoms with van der Waals surface area (Å²) in [4.78, 5) is 26.8. The van der Waals surface area contributed by atoms with Crippen LogP contribution in [0.1, 0.15) is 31.2 Å². The van der Waals surface area contributed by atoms with Gasteiger partial charge in [0.15, 0.2) is 0 Å². The summed E-state index contributed by atoms with van der Waals surface area (Å²) in [7, 11) is 1.56. The van der Waals surface area contributed by atoms with E-state index in [-0.39, 0.29) is 11.8 Å². The molecule has 5 heteroatoms. The standard InChI is InChI=1S/C18H24N2O3/c1-23-16(14-9-10-14)17(21)19-15-8-5-11-20(18(15)22)12-13-6-3-2-4-7-13/h2-4,6-7,14-16H,5,8-12H2,1H3,(H,19,21)/t15-,16+/m1/s1. The van der Waals surface area contributed by atoms with Gasteiger partial charge in [-0.25, -0.2) is 0 Å². The summed E-state index contributed by atoms with van der Waals surface area (Å²) in [5, 5.41) is 2.90. The van der Waals surface area contributed by atoms with Gasteiger partial charge in [0.2, 0.25) is 11.8 Å². The predicted molar refractivity (Wildman–Crippen MR) is 86.5 cm³/mol. The highest BCUT2D eigenvalue weighted by Gasteiger charge is 2.38. The number of nitrogens with zero attached hydrogens (tertiary/aromatic N) is 1. The van der Waals surface area contributed by atoms with Crippen molar-refractivity contribution in [1.82, 2.24) is 10.2 Å². The van der Waals surface area contributed by atoms with Crippen LogP contribution >= 0.6 is 0 Å². The van der Waals surface area contributed by atoms with E-state index in [4.69, 9.17) is 4.74 Å². The normalized spacial score (nSPS) is 22.7. The first-order valence-electron chi connectivity index (χ1n) is 8.35. The molecule has 0 aromatic heterocycles. The third-order valence-corrected chi connectivity index (χ3v) is 4.63. The fourth-order valence-electron chi connectivity index (χ4n) is 3.20. The number of carbonyl (C=O) groups is 2. The van der Waals surface area contributed by atoms with E-state index in [1.54, 1.807) is 7.11 Å². The van der Waals surface area contributed by atoms with Gasteiger partial charge in [0.05, 0.1) is 0 Å². The number of hydrogen-bond donors (Lipinski definition) is 1. The second kappa shape index (κ2) is 7.13. The van der Waals surface area contributed by atoms with Crippen LogP contribution in [-0.4, -0.2) is 42.5 Å². The predicted octanol–water partition coefficient (Wildman–Crippen LogP) is 1.72. The number of nitrogens with one attached hydrogen (secondary N) is 1. The smallest absolute Gasteiger partial charge is 0.250 e. The van der Waals surface area contributed by atoms with Crippen LogP contribution in [0.25, 0.3) is 0 Å². The Morgan fingerprint density at radius 2 is 2.04 bits per heavy atom. The van der Waals surface area contributed by atoms with Crippen LogP contribution in [0.5, 0.6) is 0 Å². The first kappa shape index (κ1) is 16.0. The van der Waals surface area contributed by atoms with E-state index >= 15 is 0 Å². The van der Waals surface area contributed by atoms with Crippen molar-refractivity contribution in [1.29, 1.82) is 0 Å². The minimum Gasteiger partial charge on any atom is -0.371 e. The van der Waals surface area contributed by atoms with E-state index in [9.17, 15) is 9.59 Å². The van der Waals surface area contributed by atoms with Gasteiger partial charge in [-0.15, -0.1) is 0 Å². The van der Waals surface area contributed by atoms with E-state index in [2.05, 4.69) is 5.32 Å². The molecular formula is C18H24N2O3. The second-order valence-corrected chi connectivity index (χ2v) is 6.44. The number of hydrogen-bond acceptors (Lipinski definition) is 3. The van der Waals surface area contributed by atoms with Crippen molar-refractivity contribution in [3.63, 3.8) is 0 Å². The molecular weight excluding hydrogens is 292 g/mol. The zero-order valence-corrected chi connectivity index (χ0v) is 13.5. The Balaban J connectivity index is 1.59. The maximum Gasteiger partial charge on any atom is 0.250 e. The van der Waals surface area contributed by atoms with Gasteiger partial charge in [-0.2, -0.15) is 0 Å². The summed E-state index contributed by atoms with van der Waals surface area (Å²) < 4.78 is 5.30. The first-order valence-corrected chi connectivity index (χ1v) is 8.35. The SMILES string of the molecule is CO[C@H](C(=O)N[C@@H]1CCCN(Cc2ccccc2)C1=O)C1CC1. The average molecular weight is 316 g/mol. The Kier molecular flexibility index (Phi) is 4.96. The van der Waals surface area contributed by atoms with Gasteiger partial charge in [0.25, 0.3) is 0 Å². The van der Waals surface area contributed by atoms with Gasteiger partial charge in [-0.1, -0.05) is 30.3 Å². The van der Waals surface area contributed by atoms with Crippen molar-refractivity contribution >= 4 is 11.8 Å². The Morgan fingerprint density at radius 3 is 2.70 bits per heavy atom. The molecule has 1 aliphatic heterocycles. The molecule has 1 saturated heterocycles. The third kappa shape index (κ3) is 3.91. The van der Waals surface area contributed by atoms with Crippen molar-refractivity contribution < 1.29 is 14.3 Å². The minimum atomic E-state index is -0.420. The van der Waals surface area contributed by atoms with E-state index < -0.39 is 12.1 Å². The fraction of sp³-hybridized carbons (Fsp3) is 0.556. The van der Waals surface area contributed by atoms with Crippen molar-refractivity contribution in [2.45, 2.75) is 44.4 Å². The number of amides is 2. The molecule has 2 atom stereocenters. The number of likely N-dealkylation sites (tertiary alicyclic amines) is 1. The van der Waals surface area contributed by atoms with Crippen LogP contribution in [0.2, 0.25) is 0 Å². The highest BCUT2D eigenvalue weighted by atomic mass is 16.5. The van der Waals surface area contributed by atoms with Crippen LogP contribution in [0.3, 0.4) is 0 Å². The van der Waals surface area contributed by atoms with E-state index in [0.717, 1.165) is 31.4 Å². The van der Waals surface area contributed by atoms with Crippen molar-refractivity contribution in [2.24, 2.45) is 5.92 Å². The van der Waals surface area contributed by atoms with Crippen LogP contribution < -0.4 is 5.32 Å². The number of benzene rings is 1. The molecule has 2 aliphatic rings. The molecule has 1 aliphatic carbocycles. The van der Waals surface area contributed by atoms with Gasteiger partial charge >= 0.3 is 0 Å². The zero-order valence-electron chi connectivity index (χ0n) is 13.5. The summed E-state index contributed by atoms with van der Waals surface area (Å²) in [5.74, 6) is 0.188. The van der Waals surface area contributed by atoms with Gasteiger partial charge in [-0.05, 0) is 37.2 Å². The molecule has 0 spiro atoms. The molecule has 0 radical (unpaired) electrons. The number of ether oxygens (including phenoxy) is 1. The number of rotatable bonds is 6. The molecule has 1 saturated carbocycles. The second-order valence-electron chi connectivity index (χ2n) is 6.44. The van der Waals surface area contributed by atoms with E-state index in [1.807, 2.05) is 35.2 Å². The molecule has 23 heavy (non-hydrogen) atoms. The van der Waals surface area contributed by atoms with Crippen LogP contribution in [0.15, 0.2) is 30.3 Å². The lowest BCUT2D eigenvalue weighted by atomic mass is 10.0. The molecule has 1 N–H and O–H groups in total. The highest BCUT2D eigenvalue weighted by molar-refractivity contribution is 5.90. The molecule has 2 fully saturated rings. The van der Waals surface area contributed by atoms with Crippen molar-refractivity contribution in [3.8, 4) is 0 Å². The third-order valence-electron chi connectivity index (χ3n) is 4.63. The Hall–Kier alpha value is -1.88. The average Bonchev–Trinajstić information content (AvgIpc) is 3.38. The summed E-state index contributed by atoms with van der Waals surface area (Å²) in [6.07, 6.45) is 3.27. The van der Waals surface area contributed by atoms with Crippen molar-refractivity contribution in [3.05, 3.63) is 35.9 Å². The van der Waals surface area contributed by atoms with Crippen LogP contribution in [-0.2, 0) is 20.9 Å². The topological polar surface area (TPSA) is 58.6 Å². The number of carbonyl (C=O) groups excluding carboxylic acids is 2. The lowest BCUT2D eigenvalue weighted by Crippen LogP contribution is -2.54. The van der Waals surface area contributed by atoms with Crippen molar-refractivity contribution in [2.75, 3.05) is 13.7 Å². The summed E-state index contributed by atoms with van der Waals surface area (Å²) in [5.41, 5.74) is 1.11. The highest BCUT2D eigenvalue weighted by Crippen LogP contribution is 2.34. The monoisotopic (exact) mass is 316 g/mol. The summed E-state index contributed by atoms with van der Waals surface area (Å²) in [6.45, 7) is 1.35. The molecule has 1 heterocycles. The Labute approximate surface area is 137 Å². The fourth-order valence-corrected chi connectivity index (χ4v) is 3.20.